The standard InChI is InChI=1S/C10H9N5O5/c16-10(17)6-3-7(15(18)19)9(12-4-6)11-2-1-8-13-5-20-14-8/h3-5H,1-2H2,(H,11,12)(H,16,17). The molecule has 0 fully saturated rings. The van der Waals surface area contributed by atoms with Crippen molar-refractivity contribution in [1.82, 2.24) is 15.1 Å². The zero-order valence-electron chi connectivity index (χ0n) is 10.0. The van der Waals surface area contributed by atoms with E-state index in [0.717, 1.165) is 12.3 Å². The summed E-state index contributed by atoms with van der Waals surface area (Å²) in [6.45, 7) is 0.291. The van der Waals surface area contributed by atoms with E-state index in [0.29, 0.717) is 18.8 Å². The topological polar surface area (TPSA) is 144 Å². The molecular weight excluding hydrogens is 270 g/mol. The number of hydrogen-bond acceptors (Lipinski definition) is 8. The molecule has 2 N–H and O–H groups in total. The monoisotopic (exact) mass is 279 g/mol. The summed E-state index contributed by atoms with van der Waals surface area (Å²) in [5.74, 6) is -0.843. The third-order valence-electron chi connectivity index (χ3n) is 2.36. The molecular formula is C10H9N5O5. The summed E-state index contributed by atoms with van der Waals surface area (Å²) < 4.78 is 4.54. The van der Waals surface area contributed by atoms with Crippen LogP contribution in [0.3, 0.4) is 0 Å². The molecule has 0 bridgehead atoms. The van der Waals surface area contributed by atoms with Crippen LogP contribution in [0.1, 0.15) is 16.2 Å². The molecule has 0 unspecified atom stereocenters. The van der Waals surface area contributed by atoms with Crippen molar-refractivity contribution in [3.63, 3.8) is 0 Å². The van der Waals surface area contributed by atoms with Gasteiger partial charge in [0.15, 0.2) is 5.82 Å². The van der Waals surface area contributed by atoms with E-state index in [2.05, 4.69) is 25.0 Å². The van der Waals surface area contributed by atoms with Crippen LogP contribution in [-0.2, 0) is 6.42 Å². The maximum absolute atomic E-state index is 10.9. The van der Waals surface area contributed by atoms with Gasteiger partial charge >= 0.3 is 11.7 Å². The highest BCUT2D eigenvalue weighted by atomic mass is 16.6. The second-order valence-electron chi connectivity index (χ2n) is 3.68. The smallest absolute Gasteiger partial charge is 0.337 e. The molecule has 0 aliphatic rings. The number of carboxylic acids is 1. The van der Waals surface area contributed by atoms with Gasteiger partial charge in [0, 0.05) is 25.2 Å². The van der Waals surface area contributed by atoms with Gasteiger partial charge in [-0.3, -0.25) is 10.1 Å². The van der Waals surface area contributed by atoms with Gasteiger partial charge in [-0.25, -0.2) is 9.78 Å². The Hall–Kier alpha value is -3.04. The third-order valence-corrected chi connectivity index (χ3v) is 2.36. The predicted octanol–water partition coefficient (Wildman–Crippen LogP) is 0.726. The van der Waals surface area contributed by atoms with Crippen molar-refractivity contribution in [3.8, 4) is 0 Å². The van der Waals surface area contributed by atoms with E-state index < -0.39 is 16.6 Å². The van der Waals surface area contributed by atoms with Crippen molar-refractivity contribution >= 4 is 17.5 Å². The number of carboxylic acid groups (broad SMARTS) is 1. The molecule has 0 aromatic carbocycles. The number of anilines is 1. The van der Waals surface area contributed by atoms with Gasteiger partial charge in [-0.15, -0.1) is 0 Å². The van der Waals surface area contributed by atoms with Crippen LogP contribution in [0.25, 0.3) is 0 Å². The Morgan fingerprint density at radius 2 is 2.30 bits per heavy atom. The lowest BCUT2D eigenvalue weighted by atomic mass is 10.2. The highest BCUT2D eigenvalue weighted by Gasteiger charge is 2.18. The van der Waals surface area contributed by atoms with E-state index in [1.54, 1.807) is 0 Å². The van der Waals surface area contributed by atoms with E-state index in [1.807, 2.05) is 0 Å². The summed E-state index contributed by atoms with van der Waals surface area (Å²) in [7, 11) is 0. The largest absolute Gasteiger partial charge is 0.478 e. The minimum absolute atomic E-state index is 0.0107. The predicted molar refractivity (Wildman–Crippen MR) is 64.3 cm³/mol. The minimum atomic E-state index is -1.28. The fourth-order valence-electron chi connectivity index (χ4n) is 1.44. The van der Waals surface area contributed by atoms with Gasteiger partial charge in [-0.05, 0) is 0 Å². The molecule has 2 aromatic heterocycles. The van der Waals surface area contributed by atoms with Gasteiger partial charge in [-0.2, -0.15) is 4.98 Å². The summed E-state index contributed by atoms with van der Waals surface area (Å²) in [5.41, 5.74) is -0.654. The van der Waals surface area contributed by atoms with Crippen LogP contribution in [0, 0.1) is 10.1 Å². The van der Waals surface area contributed by atoms with Gasteiger partial charge in [-0.1, -0.05) is 5.16 Å². The van der Waals surface area contributed by atoms with Gasteiger partial charge < -0.3 is 14.9 Å². The third kappa shape index (κ3) is 3.04. The number of aromatic nitrogens is 3. The first-order valence-electron chi connectivity index (χ1n) is 5.45. The van der Waals surface area contributed by atoms with Crippen LogP contribution >= 0.6 is 0 Å². The summed E-state index contributed by atoms with van der Waals surface area (Å²) in [5, 5.41) is 26.0. The summed E-state index contributed by atoms with van der Waals surface area (Å²) in [4.78, 5) is 28.5. The quantitative estimate of drug-likeness (QED) is 0.577. The fourth-order valence-corrected chi connectivity index (χ4v) is 1.44. The summed E-state index contributed by atoms with van der Waals surface area (Å²) in [6.07, 6.45) is 2.61. The molecule has 2 heterocycles. The molecule has 2 rings (SSSR count). The van der Waals surface area contributed by atoms with Crippen LogP contribution in [0.2, 0.25) is 0 Å². The zero-order chi connectivity index (χ0) is 14.5. The van der Waals surface area contributed by atoms with Crippen LogP contribution in [0.5, 0.6) is 0 Å². The first kappa shape index (κ1) is 13.4. The van der Waals surface area contributed by atoms with Crippen molar-refractivity contribution in [2.75, 3.05) is 11.9 Å². The van der Waals surface area contributed by atoms with Crippen LogP contribution in [0.4, 0.5) is 11.5 Å². The van der Waals surface area contributed by atoms with Crippen molar-refractivity contribution in [3.05, 3.63) is 40.2 Å². The van der Waals surface area contributed by atoms with Crippen molar-refractivity contribution in [2.24, 2.45) is 0 Å². The Morgan fingerprint density at radius 3 is 2.90 bits per heavy atom. The lowest BCUT2D eigenvalue weighted by molar-refractivity contribution is -0.384. The molecule has 0 saturated carbocycles. The zero-order valence-corrected chi connectivity index (χ0v) is 10.0. The average Bonchev–Trinajstić information content (AvgIpc) is 2.91. The van der Waals surface area contributed by atoms with Crippen molar-refractivity contribution in [2.45, 2.75) is 6.42 Å². The number of hydrogen-bond donors (Lipinski definition) is 2. The highest BCUT2D eigenvalue weighted by Crippen LogP contribution is 2.22. The molecule has 104 valence electrons. The lowest BCUT2D eigenvalue weighted by Gasteiger charge is -2.05. The van der Waals surface area contributed by atoms with Gasteiger partial charge in [0.2, 0.25) is 12.2 Å². The molecule has 10 heteroatoms. The normalized spacial score (nSPS) is 10.2. The number of aromatic carboxylic acids is 1. The molecule has 0 aliphatic carbocycles. The summed E-state index contributed by atoms with van der Waals surface area (Å²) >= 11 is 0. The molecule has 2 aromatic rings. The maximum Gasteiger partial charge on any atom is 0.337 e. The fraction of sp³-hybridized carbons (Fsp3) is 0.200. The lowest BCUT2D eigenvalue weighted by Crippen LogP contribution is -2.10. The van der Waals surface area contributed by atoms with Gasteiger partial charge in [0.25, 0.3) is 0 Å². The van der Waals surface area contributed by atoms with Crippen LogP contribution in [-0.4, -0.2) is 37.7 Å². The number of rotatable bonds is 6. The molecule has 0 spiro atoms. The highest BCUT2D eigenvalue weighted by molar-refractivity contribution is 5.88. The molecule has 0 amide bonds. The second kappa shape index (κ2) is 5.73. The van der Waals surface area contributed by atoms with E-state index >= 15 is 0 Å². The first-order valence-corrected chi connectivity index (χ1v) is 5.45. The number of pyridine rings is 1. The second-order valence-corrected chi connectivity index (χ2v) is 3.68. The van der Waals surface area contributed by atoms with Crippen molar-refractivity contribution < 1.29 is 19.3 Å². The van der Waals surface area contributed by atoms with Crippen LogP contribution in [0.15, 0.2) is 23.2 Å². The van der Waals surface area contributed by atoms with Gasteiger partial charge in [0.05, 0.1) is 10.5 Å². The molecule has 0 atom stereocenters. The van der Waals surface area contributed by atoms with E-state index in [-0.39, 0.29) is 11.4 Å². The Kier molecular flexibility index (Phi) is 3.84. The van der Waals surface area contributed by atoms with Crippen LogP contribution < -0.4 is 5.32 Å². The Morgan fingerprint density at radius 1 is 1.50 bits per heavy atom. The Bertz CT molecular complexity index is 627. The number of nitrogens with zero attached hydrogens (tertiary/aromatic N) is 4. The first-order chi connectivity index (χ1) is 9.58. The van der Waals surface area contributed by atoms with Gasteiger partial charge in [0.1, 0.15) is 0 Å². The average molecular weight is 279 g/mol. The number of nitro groups is 1. The number of carbonyl (C=O) groups is 1. The summed E-state index contributed by atoms with van der Waals surface area (Å²) in [6, 6.07) is 0.950. The molecule has 20 heavy (non-hydrogen) atoms. The Labute approximate surface area is 111 Å². The SMILES string of the molecule is O=C(O)c1cnc(NCCc2ncon2)c([N+](=O)[O-])c1. The van der Waals surface area contributed by atoms with E-state index in [9.17, 15) is 14.9 Å². The Balaban J connectivity index is 2.10. The van der Waals surface area contributed by atoms with E-state index in [1.165, 1.54) is 6.39 Å². The molecule has 0 saturated heterocycles. The molecule has 10 nitrogen and oxygen atoms in total. The molecule has 0 radical (unpaired) electrons. The van der Waals surface area contributed by atoms with Crippen molar-refractivity contribution in [1.29, 1.82) is 0 Å². The number of nitrogens with one attached hydrogen (secondary N) is 1. The molecule has 0 aliphatic heterocycles. The minimum Gasteiger partial charge on any atom is -0.478 e. The van der Waals surface area contributed by atoms with E-state index in [4.69, 9.17) is 5.11 Å². The maximum atomic E-state index is 10.9.